The van der Waals surface area contributed by atoms with Crippen molar-refractivity contribution >= 4 is 23.2 Å². The summed E-state index contributed by atoms with van der Waals surface area (Å²) in [5.41, 5.74) is 0. The molecule has 1 aliphatic heterocycles. The molecule has 0 bridgehead atoms. The van der Waals surface area contributed by atoms with Crippen LogP contribution in [0.4, 0.5) is 0 Å². The quantitative estimate of drug-likeness (QED) is 0.852. The van der Waals surface area contributed by atoms with Crippen molar-refractivity contribution in [2.45, 2.75) is 12.8 Å². The first kappa shape index (κ1) is 14.5. The van der Waals surface area contributed by atoms with Crippen LogP contribution in [0, 0.1) is 17.2 Å². The van der Waals surface area contributed by atoms with Crippen molar-refractivity contribution in [3.63, 3.8) is 0 Å². The van der Waals surface area contributed by atoms with Crippen LogP contribution in [0.1, 0.15) is 12.8 Å². The smallest absolute Gasteiger partial charge is 0.120 e. The van der Waals surface area contributed by atoms with Crippen molar-refractivity contribution in [2.24, 2.45) is 5.92 Å². The molecule has 0 unspecified atom stereocenters. The summed E-state index contributed by atoms with van der Waals surface area (Å²) >= 11 is 11.8. The number of ether oxygens (including phenoxy) is 1. The third kappa shape index (κ3) is 4.28. The molecular weight excluding hydrogens is 283 g/mol. The number of hydrogen-bond acceptors (Lipinski definition) is 3. The maximum absolute atomic E-state index is 8.83. The van der Waals surface area contributed by atoms with Gasteiger partial charge in [-0.1, -0.05) is 23.2 Å². The lowest BCUT2D eigenvalue weighted by Crippen LogP contribution is -2.36. The molecule has 0 N–H and O–H groups in total. The van der Waals surface area contributed by atoms with E-state index >= 15 is 0 Å². The van der Waals surface area contributed by atoms with Crippen LogP contribution in [-0.2, 0) is 0 Å². The van der Waals surface area contributed by atoms with Crippen LogP contribution < -0.4 is 4.74 Å². The van der Waals surface area contributed by atoms with Gasteiger partial charge >= 0.3 is 0 Å². The Morgan fingerprint density at radius 2 is 2.00 bits per heavy atom. The van der Waals surface area contributed by atoms with Gasteiger partial charge in [-0.05, 0) is 38.1 Å². The fourth-order valence-electron chi connectivity index (χ4n) is 2.14. The molecule has 1 fully saturated rings. The number of nitrogens with zero attached hydrogens (tertiary/aromatic N) is 2. The molecule has 0 radical (unpaired) electrons. The summed E-state index contributed by atoms with van der Waals surface area (Å²) in [6.45, 7) is 3.44. The zero-order chi connectivity index (χ0) is 13.7. The molecule has 1 aliphatic rings. The lowest BCUT2D eigenvalue weighted by atomic mass is 9.99. The van der Waals surface area contributed by atoms with Crippen molar-refractivity contribution in [3.05, 3.63) is 28.2 Å². The number of hydrogen-bond donors (Lipinski definition) is 0. The Balaban J connectivity index is 1.72. The van der Waals surface area contributed by atoms with Gasteiger partial charge in [0.15, 0.2) is 0 Å². The molecular formula is C14H16Cl2N2O. The maximum atomic E-state index is 8.83. The molecule has 0 aromatic heterocycles. The molecule has 19 heavy (non-hydrogen) atoms. The Morgan fingerprint density at radius 1 is 1.26 bits per heavy atom. The van der Waals surface area contributed by atoms with Gasteiger partial charge in [-0.25, -0.2) is 0 Å². The lowest BCUT2D eigenvalue weighted by Gasteiger charge is -2.28. The van der Waals surface area contributed by atoms with E-state index in [1.807, 2.05) is 6.07 Å². The van der Waals surface area contributed by atoms with Gasteiger partial charge in [-0.2, -0.15) is 5.26 Å². The van der Waals surface area contributed by atoms with Crippen molar-refractivity contribution in [1.29, 1.82) is 5.26 Å². The predicted molar refractivity (Wildman–Crippen MR) is 76.7 cm³/mol. The standard InChI is InChI=1S/C14H16Cl2N2O/c15-13-2-1-12(9-14(13)16)19-8-7-18-5-3-11(10-17)4-6-18/h1-2,9,11H,3-8H2. The molecule has 0 saturated carbocycles. The maximum Gasteiger partial charge on any atom is 0.120 e. The number of likely N-dealkylation sites (tertiary alicyclic amines) is 1. The van der Waals surface area contributed by atoms with Gasteiger partial charge in [0.05, 0.1) is 16.1 Å². The van der Waals surface area contributed by atoms with E-state index in [1.165, 1.54) is 0 Å². The molecule has 0 amide bonds. The molecule has 0 aliphatic carbocycles. The highest BCUT2D eigenvalue weighted by molar-refractivity contribution is 6.42. The van der Waals surface area contributed by atoms with Crippen LogP contribution in [0.15, 0.2) is 18.2 Å². The van der Waals surface area contributed by atoms with E-state index in [-0.39, 0.29) is 5.92 Å². The van der Waals surface area contributed by atoms with E-state index < -0.39 is 0 Å². The minimum atomic E-state index is 0.229. The van der Waals surface area contributed by atoms with E-state index in [0.29, 0.717) is 16.7 Å². The average Bonchev–Trinajstić information content (AvgIpc) is 2.43. The second-order valence-corrected chi connectivity index (χ2v) is 5.48. The van der Waals surface area contributed by atoms with E-state index in [2.05, 4.69) is 11.0 Å². The first-order valence-corrected chi connectivity index (χ1v) is 7.14. The Kier molecular flexibility index (Phi) is 5.33. The van der Waals surface area contributed by atoms with E-state index in [1.54, 1.807) is 12.1 Å². The Labute approximate surface area is 123 Å². The van der Waals surface area contributed by atoms with Crippen LogP contribution in [0.2, 0.25) is 10.0 Å². The van der Waals surface area contributed by atoms with Gasteiger partial charge in [0.25, 0.3) is 0 Å². The summed E-state index contributed by atoms with van der Waals surface area (Å²) in [7, 11) is 0. The molecule has 1 aromatic rings. The predicted octanol–water partition coefficient (Wildman–Crippen LogP) is 3.61. The van der Waals surface area contributed by atoms with Crippen molar-refractivity contribution in [2.75, 3.05) is 26.2 Å². The highest BCUT2D eigenvalue weighted by Gasteiger charge is 2.18. The highest BCUT2D eigenvalue weighted by atomic mass is 35.5. The SMILES string of the molecule is N#CC1CCN(CCOc2ccc(Cl)c(Cl)c2)CC1. The summed E-state index contributed by atoms with van der Waals surface area (Å²) in [5.74, 6) is 0.966. The first-order valence-electron chi connectivity index (χ1n) is 6.39. The van der Waals surface area contributed by atoms with Crippen LogP contribution in [0.5, 0.6) is 5.75 Å². The number of halogens is 2. The third-order valence-corrected chi connectivity index (χ3v) is 4.08. The summed E-state index contributed by atoms with van der Waals surface area (Å²) in [4.78, 5) is 2.32. The van der Waals surface area contributed by atoms with Crippen molar-refractivity contribution in [1.82, 2.24) is 4.90 Å². The molecule has 3 nitrogen and oxygen atoms in total. The summed E-state index contributed by atoms with van der Waals surface area (Å²) in [6.07, 6.45) is 1.92. The van der Waals surface area contributed by atoms with Gasteiger partial charge < -0.3 is 4.74 Å². The average molecular weight is 299 g/mol. The van der Waals surface area contributed by atoms with E-state index in [0.717, 1.165) is 38.2 Å². The van der Waals surface area contributed by atoms with Crippen LogP contribution in [0.3, 0.4) is 0 Å². The van der Waals surface area contributed by atoms with Gasteiger partial charge in [0.1, 0.15) is 12.4 Å². The Hall–Kier alpha value is -0.950. The third-order valence-electron chi connectivity index (χ3n) is 3.34. The zero-order valence-electron chi connectivity index (χ0n) is 10.6. The normalized spacial score (nSPS) is 17.1. The summed E-state index contributed by atoms with van der Waals surface area (Å²) < 4.78 is 5.65. The van der Waals surface area contributed by atoms with Gasteiger partial charge in [0.2, 0.25) is 0 Å². The van der Waals surface area contributed by atoms with Gasteiger partial charge in [-0.15, -0.1) is 0 Å². The summed E-state index contributed by atoms with van der Waals surface area (Å²) in [5, 5.41) is 9.88. The van der Waals surface area contributed by atoms with Crippen molar-refractivity contribution in [3.8, 4) is 11.8 Å². The fraction of sp³-hybridized carbons (Fsp3) is 0.500. The molecule has 0 spiro atoms. The van der Waals surface area contributed by atoms with Crippen LogP contribution in [0.25, 0.3) is 0 Å². The number of benzene rings is 1. The molecule has 0 atom stereocenters. The second-order valence-electron chi connectivity index (χ2n) is 4.67. The zero-order valence-corrected chi connectivity index (χ0v) is 12.1. The molecule has 5 heteroatoms. The molecule has 1 saturated heterocycles. The molecule has 1 aromatic carbocycles. The fourth-order valence-corrected chi connectivity index (χ4v) is 2.43. The first-order chi connectivity index (χ1) is 9.19. The lowest BCUT2D eigenvalue weighted by molar-refractivity contribution is 0.169. The second kappa shape index (κ2) is 7.00. The van der Waals surface area contributed by atoms with Crippen LogP contribution in [-0.4, -0.2) is 31.1 Å². The van der Waals surface area contributed by atoms with Gasteiger partial charge in [0, 0.05) is 18.5 Å². The van der Waals surface area contributed by atoms with Crippen LogP contribution >= 0.6 is 23.2 Å². The van der Waals surface area contributed by atoms with Crippen molar-refractivity contribution < 1.29 is 4.74 Å². The topological polar surface area (TPSA) is 36.3 Å². The summed E-state index contributed by atoms with van der Waals surface area (Å²) in [6, 6.07) is 7.61. The minimum Gasteiger partial charge on any atom is -0.492 e. The van der Waals surface area contributed by atoms with Gasteiger partial charge in [-0.3, -0.25) is 4.90 Å². The number of rotatable bonds is 4. The Bertz CT molecular complexity index is 465. The molecule has 1 heterocycles. The molecule has 102 valence electrons. The Morgan fingerprint density at radius 3 is 2.63 bits per heavy atom. The number of nitriles is 1. The van der Waals surface area contributed by atoms with E-state index in [9.17, 15) is 0 Å². The molecule has 2 rings (SSSR count). The largest absolute Gasteiger partial charge is 0.492 e. The highest BCUT2D eigenvalue weighted by Crippen LogP contribution is 2.26. The van der Waals surface area contributed by atoms with E-state index in [4.69, 9.17) is 33.2 Å². The minimum absolute atomic E-state index is 0.229. The monoisotopic (exact) mass is 298 g/mol. The number of piperidine rings is 1.